The Bertz CT molecular complexity index is 729. The number of pyridine rings is 1. The Morgan fingerprint density at radius 1 is 1.20 bits per heavy atom. The third kappa shape index (κ3) is 5.24. The summed E-state index contributed by atoms with van der Waals surface area (Å²) in [5.41, 5.74) is 1.92. The maximum atomic E-state index is 13.4. The first-order valence-corrected chi connectivity index (χ1v) is 8.27. The van der Waals surface area contributed by atoms with Gasteiger partial charge in [-0.2, -0.15) is 0 Å². The molecule has 1 atom stereocenters. The van der Waals surface area contributed by atoms with Crippen LogP contribution in [0.1, 0.15) is 37.6 Å². The van der Waals surface area contributed by atoms with Gasteiger partial charge in [-0.1, -0.05) is 6.92 Å². The van der Waals surface area contributed by atoms with Gasteiger partial charge in [0.1, 0.15) is 17.7 Å². The Hall–Kier alpha value is -2.50. The fourth-order valence-corrected chi connectivity index (χ4v) is 2.27. The fourth-order valence-electron chi connectivity index (χ4n) is 2.27. The Morgan fingerprint density at radius 3 is 2.44 bits per heavy atom. The highest BCUT2D eigenvalue weighted by Gasteiger charge is 2.15. The van der Waals surface area contributed by atoms with Crippen LogP contribution in [0.5, 0.6) is 5.88 Å². The van der Waals surface area contributed by atoms with Gasteiger partial charge in [0.05, 0.1) is 17.7 Å². The molecule has 2 rings (SSSR count). The van der Waals surface area contributed by atoms with Crippen molar-refractivity contribution in [3.63, 3.8) is 0 Å². The Kier molecular flexibility index (Phi) is 6.44. The maximum absolute atomic E-state index is 13.4. The van der Waals surface area contributed by atoms with Crippen LogP contribution < -0.4 is 4.74 Å². The molecular formula is C19H23F2N3O. The van der Waals surface area contributed by atoms with Gasteiger partial charge in [-0.25, -0.2) is 18.8 Å². The first-order valence-electron chi connectivity index (χ1n) is 8.27. The van der Waals surface area contributed by atoms with Gasteiger partial charge in [-0.05, 0) is 44.0 Å². The van der Waals surface area contributed by atoms with Crippen LogP contribution in [0.25, 0.3) is 0 Å². The molecule has 25 heavy (non-hydrogen) atoms. The lowest BCUT2D eigenvalue weighted by atomic mass is 10.1. The minimum atomic E-state index is -0.620. The van der Waals surface area contributed by atoms with Gasteiger partial charge in [0.25, 0.3) is 0 Å². The molecule has 4 nitrogen and oxygen atoms in total. The monoisotopic (exact) mass is 347 g/mol. The van der Waals surface area contributed by atoms with E-state index in [0.717, 1.165) is 24.0 Å². The Labute approximate surface area is 147 Å². The molecule has 0 bridgehead atoms. The third-order valence-corrected chi connectivity index (χ3v) is 3.82. The van der Waals surface area contributed by atoms with E-state index in [1.807, 2.05) is 38.8 Å². The van der Waals surface area contributed by atoms with E-state index in [9.17, 15) is 8.78 Å². The lowest BCUT2D eigenvalue weighted by Crippen LogP contribution is -2.14. The number of hydrogen-bond acceptors (Lipinski definition) is 3. The van der Waals surface area contributed by atoms with E-state index in [1.54, 1.807) is 12.4 Å². The molecule has 6 heteroatoms. The lowest BCUT2D eigenvalue weighted by Gasteiger charge is -2.18. The Balaban J connectivity index is 2.18. The summed E-state index contributed by atoms with van der Waals surface area (Å²) in [5.74, 6) is -0.839. The van der Waals surface area contributed by atoms with Crippen molar-refractivity contribution in [3.05, 3.63) is 53.2 Å². The van der Waals surface area contributed by atoms with Gasteiger partial charge in [-0.3, -0.25) is 0 Å². The second kappa shape index (κ2) is 8.55. The maximum Gasteiger partial charge on any atom is 0.214 e. The van der Waals surface area contributed by atoms with Gasteiger partial charge >= 0.3 is 0 Å². The van der Waals surface area contributed by atoms with Crippen molar-refractivity contribution in [2.75, 3.05) is 13.6 Å². The minimum Gasteiger partial charge on any atom is -0.469 e. The second-order valence-electron chi connectivity index (χ2n) is 5.79. The summed E-state index contributed by atoms with van der Waals surface area (Å²) in [4.78, 5) is 10.7. The molecule has 1 aromatic heterocycles. The molecule has 0 radical (unpaired) electrons. The summed E-state index contributed by atoms with van der Waals surface area (Å²) in [6, 6.07) is 6.94. The summed E-state index contributed by atoms with van der Waals surface area (Å²) >= 11 is 0. The number of aliphatic imine (C=N–C) groups is 1. The summed E-state index contributed by atoms with van der Waals surface area (Å²) in [6.07, 6.45) is 1.83. The van der Waals surface area contributed by atoms with Crippen molar-refractivity contribution in [1.82, 2.24) is 9.88 Å². The minimum absolute atomic E-state index is 0.400. The Morgan fingerprint density at radius 2 is 1.88 bits per heavy atom. The lowest BCUT2D eigenvalue weighted by molar-refractivity contribution is 0.191. The van der Waals surface area contributed by atoms with Gasteiger partial charge in [0, 0.05) is 25.7 Å². The van der Waals surface area contributed by atoms with Crippen LogP contribution in [-0.2, 0) is 0 Å². The molecule has 1 heterocycles. The van der Waals surface area contributed by atoms with Crippen LogP contribution in [0.2, 0.25) is 0 Å². The molecule has 134 valence electrons. The number of halogens is 2. The molecule has 0 aliphatic heterocycles. The number of hydrogen-bond donors (Lipinski definition) is 0. The summed E-state index contributed by atoms with van der Waals surface area (Å²) < 4.78 is 32.7. The molecule has 2 aromatic rings. The highest BCUT2D eigenvalue weighted by molar-refractivity contribution is 5.62. The van der Waals surface area contributed by atoms with Gasteiger partial charge in [-0.15, -0.1) is 0 Å². The number of aromatic nitrogens is 1. The SMILES string of the molecule is CCC(Oc1ccc(/N=C/N(C)CC)c(C)n1)c1cc(F)cc(F)c1. The number of aryl methyl sites for hydroxylation is 1. The van der Waals surface area contributed by atoms with Crippen molar-refractivity contribution in [2.24, 2.45) is 4.99 Å². The molecule has 0 fully saturated rings. The smallest absolute Gasteiger partial charge is 0.214 e. The zero-order valence-electron chi connectivity index (χ0n) is 15.0. The number of nitrogens with zero attached hydrogens (tertiary/aromatic N) is 3. The predicted molar refractivity (Wildman–Crippen MR) is 95.4 cm³/mol. The van der Waals surface area contributed by atoms with E-state index in [2.05, 4.69) is 9.98 Å². The van der Waals surface area contributed by atoms with Crippen molar-refractivity contribution >= 4 is 12.0 Å². The van der Waals surface area contributed by atoms with Crippen LogP contribution in [0.4, 0.5) is 14.5 Å². The third-order valence-electron chi connectivity index (χ3n) is 3.82. The van der Waals surface area contributed by atoms with Crippen molar-refractivity contribution in [1.29, 1.82) is 0 Å². The molecule has 0 spiro atoms. The van der Waals surface area contributed by atoms with Gasteiger partial charge in [0.15, 0.2) is 0 Å². The van der Waals surface area contributed by atoms with Crippen LogP contribution in [0, 0.1) is 18.6 Å². The van der Waals surface area contributed by atoms with Gasteiger partial charge < -0.3 is 9.64 Å². The van der Waals surface area contributed by atoms with E-state index in [4.69, 9.17) is 4.74 Å². The van der Waals surface area contributed by atoms with Gasteiger partial charge in [0.2, 0.25) is 5.88 Å². The van der Waals surface area contributed by atoms with Crippen molar-refractivity contribution < 1.29 is 13.5 Å². The van der Waals surface area contributed by atoms with E-state index in [1.165, 1.54) is 12.1 Å². The number of rotatable bonds is 7. The standard InChI is InChI=1S/C19H23F2N3O/c1-5-18(14-9-15(20)11-16(21)10-14)25-19-8-7-17(13(3)23-19)22-12-24(4)6-2/h7-12,18H,5-6H2,1-4H3/b22-12+. The second-order valence-corrected chi connectivity index (χ2v) is 5.79. The average molecular weight is 347 g/mol. The summed E-state index contributed by atoms with van der Waals surface area (Å²) in [6.45, 7) is 6.63. The van der Waals surface area contributed by atoms with Crippen molar-refractivity contribution in [2.45, 2.75) is 33.3 Å². The topological polar surface area (TPSA) is 37.7 Å². The molecule has 0 amide bonds. The largest absolute Gasteiger partial charge is 0.469 e. The number of ether oxygens (including phenoxy) is 1. The van der Waals surface area contributed by atoms with E-state index in [0.29, 0.717) is 17.9 Å². The molecule has 1 unspecified atom stereocenters. The molecule has 0 aliphatic carbocycles. The van der Waals surface area contributed by atoms with E-state index >= 15 is 0 Å². The number of benzene rings is 1. The zero-order valence-corrected chi connectivity index (χ0v) is 15.0. The van der Waals surface area contributed by atoms with E-state index < -0.39 is 17.7 Å². The molecule has 0 aliphatic rings. The highest BCUT2D eigenvalue weighted by atomic mass is 19.1. The summed E-state index contributed by atoms with van der Waals surface area (Å²) in [5, 5.41) is 0. The normalized spacial score (nSPS) is 12.4. The average Bonchev–Trinajstić information content (AvgIpc) is 2.57. The predicted octanol–water partition coefficient (Wildman–Crippen LogP) is 4.81. The van der Waals surface area contributed by atoms with E-state index in [-0.39, 0.29) is 0 Å². The van der Waals surface area contributed by atoms with Crippen LogP contribution >= 0.6 is 0 Å². The van der Waals surface area contributed by atoms with Crippen LogP contribution in [-0.4, -0.2) is 29.8 Å². The molecular weight excluding hydrogens is 324 g/mol. The summed E-state index contributed by atoms with van der Waals surface area (Å²) in [7, 11) is 1.94. The molecule has 0 saturated heterocycles. The van der Waals surface area contributed by atoms with Crippen LogP contribution in [0.3, 0.4) is 0 Å². The first kappa shape index (κ1) is 18.8. The molecule has 0 N–H and O–H groups in total. The quantitative estimate of drug-likeness (QED) is 0.533. The zero-order chi connectivity index (χ0) is 18.4. The van der Waals surface area contributed by atoms with Crippen LogP contribution in [0.15, 0.2) is 35.3 Å². The first-order chi connectivity index (χ1) is 11.9. The molecule has 0 saturated carbocycles. The fraction of sp³-hybridized carbons (Fsp3) is 0.368. The highest BCUT2D eigenvalue weighted by Crippen LogP contribution is 2.27. The van der Waals surface area contributed by atoms with Crippen molar-refractivity contribution in [3.8, 4) is 5.88 Å². The molecule has 1 aromatic carbocycles.